The van der Waals surface area contributed by atoms with Crippen molar-refractivity contribution >= 4 is 11.8 Å². The number of carbonyl (C=O) groups is 2. The zero-order chi connectivity index (χ0) is 11.3. The van der Waals surface area contributed by atoms with E-state index in [0.717, 1.165) is 19.3 Å². The van der Waals surface area contributed by atoms with Crippen molar-refractivity contribution in [3.05, 3.63) is 0 Å². The van der Waals surface area contributed by atoms with Crippen molar-refractivity contribution in [3.63, 3.8) is 0 Å². The number of esters is 1. The molecule has 86 valence electrons. The van der Waals surface area contributed by atoms with Gasteiger partial charge in [0, 0.05) is 6.42 Å². The Morgan fingerprint density at radius 1 is 1.27 bits per heavy atom. The minimum atomic E-state index is -0.247. The Morgan fingerprint density at radius 3 is 2.40 bits per heavy atom. The van der Waals surface area contributed by atoms with E-state index in [-0.39, 0.29) is 24.0 Å². The summed E-state index contributed by atoms with van der Waals surface area (Å²) in [7, 11) is 1.37. The number of hydrogen-bond donors (Lipinski definition) is 0. The van der Waals surface area contributed by atoms with Gasteiger partial charge in [-0.3, -0.25) is 9.59 Å². The first-order chi connectivity index (χ1) is 7.11. The molecule has 0 bridgehead atoms. The summed E-state index contributed by atoms with van der Waals surface area (Å²) in [4.78, 5) is 22.0. The summed E-state index contributed by atoms with van der Waals surface area (Å²) in [6.07, 6.45) is 3.48. The lowest BCUT2D eigenvalue weighted by atomic mass is 9.99. The van der Waals surface area contributed by atoms with Gasteiger partial charge in [-0.1, -0.05) is 0 Å². The fourth-order valence-electron chi connectivity index (χ4n) is 1.87. The molecular weight excluding hydrogens is 196 g/mol. The molecule has 1 fully saturated rings. The Hall–Kier alpha value is -0.900. The summed E-state index contributed by atoms with van der Waals surface area (Å²) in [6.45, 7) is 1.56. The second-order valence-electron chi connectivity index (χ2n) is 4.00. The molecule has 1 heterocycles. The fourth-order valence-corrected chi connectivity index (χ4v) is 1.87. The maximum atomic E-state index is 11.0. The van der Waals surface area contributed by atoms with Crippen LogP contribution in [0.2, 0.25) is 0 Å². The number of hydrogen-bond acceptors (Lipinski definition) is 4. The van der Waals surface area contributed by atoms with Crippen LogP contribution >= 0.6 is 0 Å². The van der Waals surface area contributed by atoms with Gasteiger partial charge in [-0.25, -0.2) is 0 Å². The van der Waals surface area contributed by atoms with E-state index in [1.807, 2.05) is 0 Å². The average molecular weight is 214 g/mol. The van der Waals surface area contributed by atoms with E-state index >= 15 is 0 Å². The predicted octanol–water partition coefficient (Wildman–Crippen LogP) is 1.47. The molecule has 15 heavy (non-hydrogen) atoms. The van der Waals surface area contributed by atoms with Crippen LogP contribution in [0.5, 0.6) is 0 Å². The van der Waals surface area contributed by atoms with Gasteiger partial charge in [0.25, 0.3) is 0 Å². The van der Waals surface area contributed by atoms with Crippen molar-refractivity contribution in [1.29, 1.82) is 0 Å². The van der Waals surface area contributed by atoms with E-state index in [4.69, 9.17) is 4.74 Å². The summed E-state index contributed by atoms with van der Waals surface area (Å²) < 4.78 is 10.2. The molecular formula is C11H18O4. The minimum absolute atomic E-state index is 0.00842. The van der Waals surface area contributed by atoms with Crippen molar-refractivity contribution in [2.24, 2.45) is 0 Å². The first kappa shape index (κ1) is 12.2. The molecule has 0 saturated carbocycles. The van der Waals surface area contributed by atoms with Gasteiger partial charge >= 0.3 is 5.97 Å². The van der Waals surface area contributed by atoms with Crippen molar-refractivity contribution < 1.29 is 19.1 Å². The molecule has 1 rings (SSSR count). The Kier molecular flexibility index (Phi) is 4.75. The van der Waals surface area contributed by atoms with Crippen molar-refractivity contribution in [2.45, 2.75) is 51.2 Å². The van der Waals surface area contributed by atoms with Crippen LogP contribution in [0, 0.1) is 0 Å². The van der Waals surface area contributed by atoms with Crippen molar-refractivity contribution in [3.8, 4) is 0 Å². The largest absolute Gasteiger partial charge is 0.469 e. The predicted molar refractivity (Wildman–Crippen MR) is 54.4 cm³/mol. The Morgan fingerprint density at radius 2 is 1.87 bits per heavy atom. The van der Waals surface area contributed by atoms with E-state index < -0.39 is 0 Å². The fraction of sp³-hybridized carbons (Fsp3) is 0.818. The molecule has 1 aliphatic heterocycles. The van der Waals surface area contributed by atoms with Crippen LogP contribution in [-0.2, 0) is 19.1 Å². The molecule has 0 radical (unpaired) electrons. The molecule has 4 heteroatoms. The SMILES string of the molecule is COC(=O)CC1CCCC(CC(C)=O)O1. The van der Waals surface area contributed by atoms with Crippen LogP contribution in [0.15, 0.2) is 0 Å². The lowest BCUT2D eigenvalue weighted by Crippen LogP contribution is -2.30. The zero-order valence-electron chi connectivity index (χ0n) is 9.32. The normalized spacial score (nSPS) is 26.0. The molecule has 1 aliphatic rings. The first-order valence-electron chi connectivity index (χ1n) is 5.33. The Labute approximate surface area is 89.9 Å². The van der Waals surface area contributed by atoms with E-state index in [1.54, 1.807) is 6.92 Å². The third-order valence-corrected chi connectivity index (χ3v) is 2.57. The third kappa shape index (κ3) is 4.42. The van der Waals surface area contributed by atoms with E-state index in [2.05, 4.69) is 4.74 Å². The Balaban J connectivity index is 2.35. The monoisotopic (exact) mass is 214 g/mol. The van der Waals surface area contributed by atoms with Gasteiger partial charge in [-0.2, -0.15) is 0 Å². The van der Waals surface area contributed by atoms with Gasteiger partial charge in [0.05, 0.1) is 25.7 Å². The minimum Gasteiger partial charge on any atom is -0.469 e. The number of methoxy groups -OCH3 is 1. The molecule has 0 aromatic carbocycles. The average Bonchev–Trinajstić information content (AvgIpc) is 2.17. The summed E-state index contributed by atoms with van der Waals surface area (Å²) in [5.41, 5.74) is 0. The number of Topliss-reactive ketones (excluding diaryl/α,β-unsaturated/α-hetero) is 1. The molecule has 0 N–H and O–H groups in total. The molecule has 0 amide bonds. The second kappa shape index (κ2) is 5.85. The quantitative estimate of drug-likeness (QED) is 0.665. The summed E-state index contributed by atoms with van der Waals surface area (Å²) in [5.74, 6) is -0.109. The van der Waals surface area contributed by atoms with Crippen LogP contribution in [0.4, 0.5) is 0 Å². The first-order valence-corrected chi connectivity index (χ1v) is 5.33. The summed E-state index contributed by atoms with van der Waals surface area (Å²) in [5, 5.41) is 0. The van der Waals surface area contributed by atoms with Gasteiger partial charge in [0.15, 0.2) is 0 Å². The van der Waals surface area contributed by atoms with Crippen LogP contribution in [0.3, 0.4) is 0 Å². The highest BCUT2D eigenvalue weighted by Gasteiger charge is 2.25. The number of ether oxygens (including phenoxy) is 2. The van der Waals surface area contributed by atoms with Gasteiger partial charge in [-0.05, 0) is 26.2 Å². The number of rotatable bonds is 4. The summed E-state index contributed by atoms with van der Waals surface area (Å²) in [6, 6.07) is 0. The molecule has 0 aromatic heterocycles. The second-order valence-corrected chi connectivity index (χ2v) is 4.00. The third-order valence-electron chi connectivity index (χ3n) is 2.57. The maximum Gasteiger partial charge on any atom is 0.308 e. The highest BCUT2D eigenvalue weighted by atomic mass is 16.5. The van der Waals surface area contributed by atoms with Crippen LogP contribution in [0.1, 0.15) is 39.0 Å². The van der Waals surface area contributed by atoms with Crippen molar-refractivity contribution in [2.75, 3.05) is 7.11 Å². The molecule has 0 spiro atoms. The van der Waals surface area contributed by atoms with Gasteiger partial charge in [-0.15, -0.1) is 0 Å². The summed E-state index contributed by atoms with van der Waals surface area (Å²) >= 11 is 0. The number of ketones is 1. The van der Waals surface area contributed by atoms with E-state index in [9.17, 15) is 9.59 Å². The van der Waals surface area contributed by atoms with Crippen LogP contribution in [0.25, 0.3) is 0 Å². The molecule has 0 aromatic rings. The van der Waals surface area contributed by atoms with Crippen molar-refractivity contribution in [1.82, 2.24) is 0 Å². The van der Waals surface area contributed by atoms with Gasteiger partial charge < -0.3 is 9.47 Å². The molecule has 4 nitrogen and oxygen atoms in total. The standard InChI is InChI=1S/C11H18O4/c1-8(12)6-9-4-3-5-10(15-9)7-11(13)14-2/h9-10H,3-7H2,1-2H3. The molecule has 2 unspecified atom stereocenters. The highest BCUT2D eigenvalue weighted by molar-refractivity contribution is 5.76. The smallest absolute Gasteiger partial charge is 0.308 e. The number of carbonyl (C=O) groups excluding carboxylic acids is 2. The molecule has 1 saturated heterocycles. The Bertz CT molecular complexity index is 237. The van der Waals surface area contributed by atoms with Gasteiger partial charge in [0.1, 0.15) is 5.78 Å². The highest BCUT2D eigenvalue weighted by Crippen LogP contribution is 2.23. The molecule has 2 atom stereocenters. The maximum absolute atomic E-state index is 11.0. The van der Waals surface area contributed by atoms with Crippen LogP contribution < -0.4 is 0 Å². The van der Waals surface area contributed by atoms with E-state index in [1.165, 1.54) is 7.11 Å². The molecule has 0 aliphatic carbocycles. The lowest BCUT2D eigenvalue weighted by Gasteiger charge is -2.28. The lowest BCUT2D eigenvalue weighted by molar-refractivity contribution is -0.147. The topological polar surface area (TPSA) is 52.6 Å². The zero-order valence-corrected chi connectivity index (χ0v) is 9.32. The van der Waals surface area contributed by atoms with Crippen LogP contribution in [-0.4, -0.2) is 31.1 Å². The van der Waals surface area contributed by atoms with Gasteiger partial charge in [0.2, 0.25) is 0 Å². The van der Waals surface area contributed by atoms with E-state index in [0.29, 0.717) is 12.8 Å².